The van der Waals surface area contributed by atoms with Crippen LogP contribution in [0.1, 0.15) is 14.5 Å². The van der Waals surface area contributed by atoms with Crippen LogP contribution in [0.15, 0.2) is 6.20 Å². The van der Waals surface area contributed by atoms with E-state index in [1.54, 1.807) is 13.2 Å². The summed E-state index contributed by atoms with van der Waals surface area (Å²) in [6, 6.07) is 0. The zero-order chi connectivity index (χ0) is 12.4. The smallest absolute Gasteiger partial charge is 0.271 e. The van der Waals surface area contributed by atoms with Gasteiger partial charge in [-0.3, -0.25) is 10.1 Å². The molecule has 4 N–H and O–H groups in total. The Hall–Kier alpha value is -1.67. The van der Waals surface area contributed by atoms with Crippen LogP contribution >= 0.6 is 22.7 Å². The lowest BCUT2D eigenvalue weighted by atomic mass is 10.5. The minimum Gasteiger partial charge on any atom is -0.382 e. The van der Waals surface area contributed by atoms with Gasteiger partial charge in [0.2, 0.25) is 0 Å². The Morgan fingerprint density at radius 2 is 2.18 bits per heavy atom. The Kier molecular flexibility index (Phi) is 3.25. The summed E-state index contributed by atoms with van der Waals surface area (Å²) in [6.07, 6.45) is 1.70. The number of nitrogens with zero attached hydrogens (tertiary/aromatic N) is 2. The number of carbonyl (C=O) groups excluding carboxylic acids is 1. The molecule has 1 amide bonds. The highest BCUT2D eigenvalue weighted by Crippen LogP contribution is 2.26. The number of hydrogen-bond donors (Lipinski definition) is 3. The minimum absolute atomic E-state index is 0.227. The average Bonchev–Trinajstić information content (AvgIpc) is 2.85. The fraction of sp³-hybridized carbons (Fsp3) is 0.222. The Balaban J connectivity index is 2.16. The average molecular weight is 269 g/mol. The highest BCUT2D eigenvalue weighted by molar-refractivity contribution is 7.18. The first kappa shape index (κ1) is 11.8. The van der Waals surface area contributed by atoms with Gasteiger partial charge in [0.1, 0.15) is 10.7 Å². The molecule has 0 aliphatic heterocycles. The van der Waals surface area contributed by atoms with E-state index in [2.05, 4.69) is 20.6 Å². The quantitative estimate of drug-likeness (QED) is 0.790. The van der Waals surface area contributed by atoms with Gasteiger partial charge in [-0.2, -0.15) is 0 Å². The van der Waals surface area contributed by atoms with Crippen LogP contribution in [0.4, 0.5) is 16.1 Å². The van der Waals surface area contributed by atoms with E-state index in [9.17, 15) is 4.79 Å². The zero-order valence-electron chi connectivity index (χ0n) is 9.27. The number of carbonyl (C=O) groups is 1. The number of nitrogens with two attached hydrogens (primary N) is 1. The topological polar surface area (TPSA) is 92.9 Å². The molecule has 0 aliphatic rings. The van der Waals surface area contributed by atoms with E-state index in [-0.39, 0.29) is 11.7 Å². The van der Waals surface area contributed by atoms with Crippen LogP contribution in [0.3, 0.4) is 0 Å². The number of nitrogens with one attached hydrogen (secondary N) is 2. The van der Waals surface area contributed by atoms with E-state index >= 15 is 0 Å². The number of aromatic nitrogens is 2. The van der Waals surface area contributed by atoms with Crippen molar-refractivity contribution in [1.29, 1.82) is 0 Å². The molecular formula is C9H11N5OS2. The number of hydrogen-bond acceptors (Lipinski definition) is 7. The molecule has 0 saturated heterocycles. The van der Waals surface area contributed by atoms with Crippen LogP contribution in [0, 0.1) is 6.92 Å². The van der Waals surface area contributed by atoms with Gasteiger partial charge in [-0.25, -0.2) is 9.97 Å². The van der Waals surface area contributed by atoms with Gasteiger partial charge in [0.15, 0.2) is 10.3 Å². The zero-order valence-corrected chi connectivity index (χ0v) is 10.9. The summed E-state index contributed by atoms with van der Waals surface area (Å²) in [5.74, 6) is -0.0546. The molecule has 2 aromatic heterocycles. The number of thiazole rings is 2. The monoisotopic (exact) mass is 269 g/mol. The maximum Gasteiger partial charge on any atom is 0.271 e. The first-order valence-corrected chi connectivity index (χ1v) is 6.41. The van der Waals surface area contributed by atoms with Gasteiger partial charge in [-0.05, 0) is 6.92 Å². The lowest BCUT2D eigenvalue weighted by Crippen LogP contribution is -2.11. The Bertz CT molecular complexity index is 547. The first-order valence-electron chi connectivity index (χ1n) is 4.78. The molecule has 17 heavy (non-hydrogen) atoms. The molecule has 0 aromatic carbocycles. The first-order chi connectivity index (χ1) is 8.10. The molecule has 0 spiro atoms. The van der Waals surface area contributed by atoms with Crippen molar-refractivity contribution in [1.82, 2.24) is 9.97 Å². The van der Waals surface area contributed by atoms with Gasteiger partial charge < -0.3 is 11.1 Å². The molecule has 2 heterocycles. The number of amides is 1. The van der Waals surface area contributed by atoms with Crippen LogP contribution in [-0.4, -0.2) is 22.9 Å². The van der Waals surface area contributed by atoms with E-state index < -0.39 is 0 Å². The molecule has 8 heteroatoms. The van der Waals surface area contributed by atoms with E-state index in [1.807, 2.05) is 6.92 Å². The highest BCUT2D eigenvalue weighted by Gasteiger charge is 2.16. The van der Waals surface area contributed by atoms with Crippen molar-refractivity contribution in [2.24, 2.45) is 0 Å². The normalized spacial score (nSPS) is 10.2. The number of anilines is 3. The fourth-order valence-electron chi connectivity index (χ4n) is 1.17. The third-order valence-electron chi connectivity index (χ3n) is 1.92. The van der Waals surface area contributed by atoms with Crippen LogP contribution in [-0.2, 0) is 0 Å². The van der Waals surface area contributed by atoms with Crippen molar-refractivity contribution in [3.8, 4) is 0 Å². The lowest BCUT2D eigenvalue weighted by Gasteiger charge is -1.98. The maximum absolute atomic E-state index is 11.9. The molecule has 0 aliphatic carbocycles. The van der Waals surface area contributed by atoms with Crippen LogP contribution in [0.5, 0.6) is 0 Å². The van der Waals surface area contributed by atoms with Gasteiger partial charge in [-0.15, -0.1) is 11.3 Å². The van der Waals surface area contributed by atoms with Crippen molar-refractivity contribution in [3.05, 3.63) is 16.0 Å². The third-order valence-corrected chi connectivity index (χ3v) is 3.83. The van der Waals surface area contributed by atoms with Crippen LogP contribution in [0.25, 0.3) is 0 Å². The molecule has 90 valence electrons. The standard InChI is InChI=1S/C9H11N5OS2/c1-4-3-12-9(16-4)14-7(15)5-6(10)13-8(11-2)17-5/h3H,10H2,1-2H3,(H,11,13)(H,12,14,15). The van der Waals surface area contributed by atoms with Crippen molar-refractivity contribution in [3.63, 3.8) is 0 Å². The summed E-state index contributed by atoms with van der Waals surface area (Å²) in [7, 11) is 1.73. The Morgan fingerprint density at radius 1 is 1.41 bits per heavy atom. The van der Waals surface area contributed by atoms with E-state index in [0.717, 1.165) is 4.88 Å². The van der Waals surface area contributed by atoms with E-state index in [1.165, 1.54) is 22.7 Å². The van der Waals surface area contributed by atoms with Crippen molar-refractivity contribution >= 4 is 44.7 Å². The summed E-state index contributed by atoms with van der Waals surface area (Å²) >= 11 is 2.63. The molecule has 0 bridgehead atoms. The molecule has 2 rings (SSSR count). The predicted octanol–water partition coefficient (Wildman–Crippen LogP) is 1.78. The van der Waals surface area contributed by atoms with E-state index in [4.69, 9.17) is 5.73 Å². The summed E-state index contributed by atoms with van der Waals surface area (Å²) in [6.45, 7) is 1.92. The van der Waals surface area contributed by atoms with Gasteiger partial charge >= 0.3 is 0 Å². The highest BCUT2D eigenvalue weighted by atomic mass is 32.1. The third kappa shape index (κ3) is 2.53. The fourth-order valence-corrected chi connectivity index (χ4v) is 2.56. The lowest BCUT2D eigenvalue weighted by molar-refractivity contribution is 0.103. The summed E-state index contributed by atoms with van der Waals surface area (Å²) < 4.78 is 0. The van der Waals surface area contributed by atoms with Crippen LogP contribution in [0.2, 0.25) is 0 Å². The Morgan fingerprint density at radius 3 is 2.71 bits per heavy atom. The molecule has 0 fully saturated rings. The number of nitrogen functional groups attached to an aromatic ring is 1. The van der Waals surface area contributed by atoms with Crippen LogP contribution < -0.4 is 16.4 Å². The summed E-state index contributed by atoms with van der Waals surface area (Å²) in [4.78, 5) is 21.4. The van der Waals surface area contributed by atoms with Crippen molar-refractivity contribution in [2.45, 2.75) is 6.92 Å². The van der Waals surface area contributed by atoms with Gasteiger partial charge in [0.25, 0.3) is 5.91 Å². The molecular weight excluding hydrogens is 258 g/mol. The molecule has 0 saturated carbocycles. The molecule has 0 atom stereocenters. The predicted molar refractivity (Wildman–Crippen MR) is 70.9 cm³/mol. The van der Waals surface area contributed by atoms with Gasteiger partial charge in [0, 0.05) is 18.1 Å². The molecule has 0 unspecified atom stereocenters. The number of rotatable bonds is 3. The second-order valence-corrected chi connectivity index (χ2v) is 5.45. The van der Waals surface area contributed by atoms with E-state index in [0.29, 0.717) is 15.1 Å². The largest absolute Gasteiger partial charge is 0.382 e. The summed E-state index contributed by atoms with van der Waals surface area (Å²) in [5.41, 5.74) is 5.66. The molecule has 2 aromatic rings. The Labute approximate surface area is 106 Å². The molecule has 0 radical (unpaired) electrons. The van der Waals surface area contributed by atoms with Crippen molar-refractivity contribution in [2.75, 3.05) is 23.4 Å². The van der Waals surface area contributed by atoms with Crippen molar-refractivity contribution < 1.29 is 4.79 Å². The summed E-state index contributed by atoms with van der Waals surface area (Å²) in [5, 5.41) is 6.71. The van der Waals surface area contributed by atoms with Gasteiger partial charge in [-0.1, -0.05) is 11.3 Å². The molecule has 6 nitrogen and oxygen atoms in total. The number of aryl methyl sites for hydroxylation is 1. The van der Waals surface area contributed by atoms with Gasteiger partial charge in [0.05, 0.1) is 0 Å². The SMILES string of the molecule is CNc1nc(N)c(C(=O)Nc2ncc(C)s2)s1. The maximum atomic E-state index is 11.9. The second kappa shape index (κ2) is 4.68. The second-order valence-electron chi connectivity index (χ2n) is 3.21. The minimum atomic E-state index is -0.282.